The van der Waals surface area contributed by atoms with Gasteiger partial charge in [-0.2, -0.15) is 11.8 Å². The highest BCUT2D eigenvalue weighted by Gasteiger charge is 2.25. The van der Waals surface area contributed by atoms with Gasteiger partial charge in [0.25, 0.3) is 0 Å². The summed E-state index contributed by atoms with van der Waals surface area (Å²) in [5.41, 5.74) is 5.68. The molecule has 1 heterocycles. The van der Waals surface area contributed by atoms with E-state index >= 15 is 0 Å². The molecule has 0 saturated carbocycles. The molecule has 0 aromatic heterocycles. The average molecular weight is 202 g/mol. The lowest BCUT2D eigenvalue weighted by Crippen LogP contribution is -2.29. The first kappa shape index (κ1) is 10.9. The van der Waals surface area contributed by atoms with Crippen molar-refractivity contribution in [2.24, 2.45) is 5.73 Å². The van der Waals surface area contributed by atoms with E-state index in [2.05, 4.69) is 6.26 Å². The molecule has 0 radical (unpaired) electrons. The molecule has 4 heteroatoms. The number of carbonyl (C=O) groups is 1. The molecule has 1 saturated heterocycles. The van der Waals surface area contributed by atoms with Crippen LogP contribution in [0.5, 0.6) is 0 Å². The van der Waals surface area contributed by atoms with Gasteiger partial charge in [0.05, 0.1) is 0 Å². The summed E-state index contributed by atoms with van der Waals surface area (Å²) in [5.74, 6) is 1.42. The molecular formula is C9H18N2OS. The van der Waals surface area contributed by atoms with E-state index < -0.39 is 0 Å². The number of amides is 1. The standard InChI is InChI=1S/C9H18N2OS/c1-13-5-3-2-4-11-7-8(10)6-9(11)12/h8H,2-7,10H2,1H3. The molecule has 1 aliphatic rings. The third kappa shape index (κ3) is 3.56. The van der Waals surface area contributed by atoms with Crippen LogP contribution < -0.4 is 5.73 Å². The molecule has 2 N–H and O–H groups in total. The Bertz CT molecular complexity index is 175. The molecule has 13 heavy (non-hydrogen) atoms. The first-order valence-corrected chi connectivity index (χ1v) is 6.15. The van der Waals surface area contributed by atoms with E-state index in [1.54, 1.807) is 0 Å². The van der Waals surface area contributed by atoms with Crippen molar-refractivity contribution in [3.05, 3.63) is 0 Å². The summed E-state index contributed by atoms with van der Waals surface area (Å²) >= 11 is 1.86. The quantitative estimate of drug-likeness (QED) is 0.667. The van der Waals surface area contributed by atoms with Crippen LogP contribution >= 0.6 is 11.8 Å². The maximum atomic E-state index is 11.3. The van der Waals surface area contributed by atoms with Crippen molar-refractivity contribution in [3.63, 3.8) is 0 Å². The fourth-order valence-corrected chi connectivity index (χ4v) is 2.06. The minimum Gasteiger partial charge on any atom is -0.341 e. The van der Waals surface area contributed by atoms with Crippen LogP contribution in [0, 0.1) is 0 Å². The van der Waals surface area contributed by atoms with Crippen LogP contribution in [0.3, 0.4) is 0 Å². The molecule has 1 fully saturated rings. The van der Waals surface area contributed by atoms with E-state index in [1.807, 2.05) is 16.7 Å². The van der Waals surface area contributed by atoms with Gasteiger partial charge in [0.1, 0.15) is 0 Å². The molecule has 1 atom stereocenters. The van der Waals surface area contributed by atoms with Crippen LogP contribution in [0.1, 0.15) is 19.3 Å². The first-order valence-electron chi connectivity index (χ1n) is 4.76. The third-order valence-corrected chi connectivity index (χ3v) is 2.97. The van der Waals surface area contributed by atoms with Gasteiger partial charge in [-0.3, -0.25) is 4.79 Å². The number of rotatable bonds is 5. The van der Waals surface area contributed by atoms with Crippen molar-refractivity contribution in [1.29, 1.82) is 0 Å². The van der Waals surface area contributed by atoms with E-state index in [4.69, 9.17) is 5.73 Å². The Hall–Kier alpha value is -0.220. The van der Waals surface area contributed by atoms with Gasteiger partial charge in [-0.25, -0.2) is 0 Å². The number of hydrogen-bond acceptors (Lipinski definition) is 3. The minimum absolute atomic E-state index is 0.0769. The molecule has 3 nitrogen and oxygen atoms in total. The number of carbonyl (C=O) groups excluding carboxylic acids is 1. The van der Waals surface area contributed by atoms with E-state index in [1.165, 1.54) is 12.2 Å². The molecule has 1 aliphatic heterocycles. The van der Waals surface area contributed by atoms with Gasteiger partial charge in [0.15, 0.2) is 0 Å². The fraction of sp³-hybridized carbons (Fsp3) is 0.889. The second-order valence-corrected chi connectivity index (χ2v) is 4.49. The summed E-state index contributed by atoms with van der Waals surface area (Å²) in [4.78, 5) is 13.2. The largest absolute Gasteiger partial charge is 0.341 e. The summed E-state index contributed by atoms with van der Waals surface area (Å²) in [7, 11) is 0. The highest BCUT2D eigenvalue weighted by Crippen LogP contribution is 2.10. The van der Waals surface area contributed by atoms with Gasteiger partial charge in [-0.1, -0.05) is 0 Å². The maximum absolute atomic E-state index is 11.3. The second-order valence-electron chi connectivity index (χ2n) is 3.50. The van der Waals surface area contributed by atoms with Crippen LogP contribution in [-0.2, 0) is 4.79 Å². The zero-order chi connectivity index (χ0) is 9.68. The van der Waals surface area contributed by atoms with Gasteiger partial charge in [-0.15, -0.1) is 0 Å². The Morgan fingerprint density at radius 1 is 1.62 bits per heavy atom. The summed E-state index contributed by atoms with van der Waals surface area (Å²) in [5, 5.41) is 0. The Labute approximate surface area is 84.0 Å². The molecule has 1 amide bonds. The molecule has 0 aliphatic carbocycles. The second kappa shape index (κ2) is 5.50. The third-order valence-electron chi connectivity index (χ3n) is 2.27. The van der Waals surface area contributed by atoms with Crippen molar-refractivity contribution in [1.82, 2.24) is 4.90 Å². The van der Waals surface area contributed by atoms with Gasteiger partial charge in [0.2, 0.25) is 5.91 Å². The van der Waals surface area contributed by atoms with Crippen LogP contribution in [-0.4, -0.2) is 41.9 Å². The predicted octanol–water partition coefficient (Wildman–Crippen LogP) is 0.689. The van der Waals surface area contributed by atoms with Gasteiger partial charge >= 0.3 is 0 Å². The van der Waals surface area contributed by atoms with Crippen molar-refractivity contribution >= 4 is 17.7 Å². The lowest BCUT2D eigenvalue weighted by atomic mass is 10.3. The molecule has 0 aromatic carbocycles. The van der Waals surface area contributed by atoms with Crippen molar-refractivity contribution in [3.8, 4) is 0 Å². The van der Waals surface area contributed by atoms with E-state index in [-0.39, 0.29) is 11.9 Å². The van der Waals surface area contributed by atoms with E-state index in [0.29, 0.717) is 6.42 Å². The fourth-order valence-electron chi connectivity index (χ4n) is 1.57. The lowest BCUT2D eigenvalue weighted by molar-refractivity contribution is -0.127. The Morgan fingerprint density at radius 2 is 2.38 bits per heavy atom. The van der Waals surface area contributed by atoms with E-state index in [9.17, 15) is 4.79 Å². The minimum atomic E-state index is 0.0769. The molecule has 0 bridgehead atoms. The smallest absolute Gasteiger partial charge is 0.224 e. The summed E-state index contributed by atoms with van der Waals surface area (Å²) in [6.45, 7) is 1.66. The highest BCUT2D eigenvalue weighted by atomic mass is 32.2. The highest BCUT2D eigenvalue weighted by molar-refractivity contribution is 7.98. The molecule has 0 aromatic rings. The van der Waals surface area contributed by atoms with Gasteiger partial charge < -0.3 is 10.6 Å². The van der Waals surface area contributed by atoms with Gasteiger partial charge in [-0.05, 0) is 24.9 Å². The Kier molecular flexibility index (Phi) is 4.59. The average Bonchev–Trinajstić information content (AvgIpc) is 2.39. The lowest BCUT2D eigenvalue weighted by Gasteiger charge is -2.15. The van der Waals surface area contributed by atoms with Crippen LogP contribution in [0.2, 0.25) is 0 Å². The number of unbranched alkanes of at least 4 members (excludes halogenated alkanes) is 1. The Morgan fingerprint density at radius 3 is 2.92 bits per heavy atom. The molecule has 0 spiro atoms. The topological polar surface area (TPSA) is 46.3 Å². The molecule has 76 valence electrons. The number of nitrogens with two attached hydrogens (primary N) is 1. The number of nitrogens with zero attached hydrogens (tertiary/aromatic N) is 1. The van der Waals surface area contributed by atoms with Crippen molar-refractivity contribution in [2.75, 3.05) is 25.1 Å². The molecule has 1 unspecified atom stereocenters. The predicted molar refractivity (Wildman–Crippen MR) is 56.8 cm³/mol. The van der Waals surface area contributed by atoms with Crippen molar-refractivity contribution in [2.45, 2.75) is 25.3 Å². The normalized spacial score (nSPS) is 22.8. The summed E-state index contributed by atoms with van der Waals surface area (Å²) in [6.07, 6.45) is 4.96. The van der Waals surface area contributed by atoms with E-state index in [0.717, 1.165) is 19.5 Å². The number of thioether (sulfide) groups is 1. The molecular weight excluding hydrogens is 184 g/mol. The van der Waals surface area contributed by atoms with Crippen molar-refractivity contribution < 1.29 is 4.79 Å². The number of hydrogen-bond donors (Lipinski definition) is 1. The maximum Gasteiger partial charge on any atom is 0.224 e. The zero-order valence-corrected chi connectivity index (χ0v) is 8.98. The SMILES string of the molecule is CSCCCCN1CC(N)CC1=O. The zero-order valence-electron chi connectivity index (χ0n) is 8.16. The molecule has 1 rings (SSSR count). The monoisotopic (exact) mass is 202 g/mol. The van der Waals surface area contributed by atoms with Crippen LogP contribution in [0.25, 0.3) is 0 Å². The number of likely N-dealkylation sites (tertiary alicyclic amines) is 1. The Balaban J connectivity index is 2.11. The van der Waals surface area contributed by atoms with Gasteiger partial charge in [0, 0.05) is 25.6 Å². The first-order chi connectivity index (χ1) is 6.24. The van der Waals surface area contributed by atoms with Crippen LogP contribution in [0.15, 0.2) is 0 Å². The summed E-state index contributed by atoms with van der Waals surface area (Å²) < 4.78 is 0. The van der Waals surface area contributed by atoms with Crippen LogP contribution in [0.4, 0.5) is 0 Å². The summed E-state index contributed by atoms with van der Waals surface area (Å²) in [6, 6.07) is 0.0769.